The predicted molar refractivity (Wildman–Crippen MR) is 93.2 cm³/mol. The standard InChI is InChI=1S/C19H26N4O/c1-15-12-21(13-18-5-3-4-17(10-18)11-20)14-19(15)23-8-6-22(7-9-23)16(2)24/h3-5,10,15,19H,6-9,12-14H2,1-2H3/t15-,19+/m1/s1. The normalized spacial score (nSPS) is 25.6. The van der Waals surface area contributed by atoms with Gasteiger partial charge in [-0.15, -0.1) is 0 Å². The third-order valence-electron chi connectivity index (χ3n) is 5.34. The van der Waals surface area contributed by atoms with Gasteiger partial charge in [0.15, 0.2) is 0 Å². The minimum atomic E-state index is 0.188. The highest BCUT2D eigenvalue weighted by Crippen LogP contribution is 2.24. The van der Waals surface area contributed by atoms with E-state index in [1.54, 1.807) is 6.92 Å². The van der Waals surface area contributed by atoms with Crippen LogP contribution >= 0.6 is 0 Å². The van der Waals surface area contributed by atoms with Crippen molar-refractivity contribution in [1.82, 2.24) is 14.7 Å². The van der Waals surface area contributed by atoms with Gasteiger partial charge in [0, 0.05) is 58.8 Å². The average molecular weight is 326 g/mol. The van der Waals surface area contributed by atoms with E-state index in [-0.39, 0.29) is 5.91 Å². The molecule has 0 aliphatic carbocycles. The van der Waals surface area contributed by atoms with Crippen molar-refractivity contribution in [1.29, 1.82) is 5.26 Å². The highest BCUT2D eigenvalue weighted by atomic mass is 16.2. The molecule has 1 amide bonds. The summed E-state index contributed by atoms with van der Waals surface area (Å²) in [6, 6.07) is 10.7. The highest BCUT2D eigenvalue weighted by Gasteiger charge is 2.35. The fourth-order valence-electron chi connectivity index (χ4n) is 4.02. The summed E-state index contributed by atoms with van der Waals surface area (Å²) < 4.78 is 0. The minimum absolute atomic E-state index is 0.188. The molecule has 1 aromatic carbocycles. The molecular weight excluding hydrogens is 300 g/mol. The number of hydrogen-bond donors (Lipinski definition) is 0. The van der Waals surface area contributed by atoms with Gasteiger partial charge < -0.3 is 4.90 Å². The van der Waals surface area contributed by atoms with Gasteiger partial charge in [0.05, 0.1) is 11.6 Å². The van der Waals surface area contributed by atoms with Gasteiger partial charge in [-0.1, -0.05) is 19.1 Å². The number of carbonyl (C=O) groups is 1. The second kappa shape index (κ2) is 7.33. The zero-order valence-electron chi connectivity index (χ0n) is 14.6. The lowest BCUT2D eigenvalue weighted by molar-refractivity contribution is -0.130. The number of likely N-dealkylation sites (tertiary alicyclic amines) is 1. The molecule has 0 saturated carbocycles. The van der Waals surface area contributed by atoms with Crippen LogP contribution in [0.25, 0.3) is 0 Å². The van der Waals surface area contributed by atoms with Crippen molar-refractivity contribution < 1.29 is 4.79 Å². The van der Waals surface area contributed by atoms with Crippen LogP contribution in [0.3, 0.4) is 0 Å². The van der Waals surface area contributed by atoms with Crippen molar-refractivity contribution in [2.24, 2.45) is 5.92 Å². The number of hydrogen-bond acceptors (Lipinski definition) is 4. The second-order valence-corrected chi connectivity index (χ2v) is 7.09. The summed E-state index contributed by atoms with van der Waals surface area (Å²) in [4.78, 5) is 18.5. The van der Waals surface area contributed by atoms with Crippen molar-refractivity contribution in [2.75, 3.05) is 39.3 Å². The van der Waals surface area contributed by atoms with Gasteiger partial charge in [-0.2, -0.15) is 5.26 Å². The van der Waals surface area contributed by atoms with Crippen LogP contribution in [-0.2, 0) is 11.3 Å². The summed E-state index contributed by atoms with van der Waals surface area (Å²) >= 11 is 0. The molecular formula is C19H26N4O. The lowest BCUT2D eigenvalue weighted by Gasteiger charge is -2.39. The first-order valence-electron chi connectivity index (χ1n) is 8.78. The van der Waals surface area contributed by atoms with Crippen LogP contribution in [-0.4, -0.2) is 65.9 Å². The summed E-state index contributed by atoms with van der Waals surface area (Å²) in [7, 11) is 0. The third kappa shape index (κ3) is 3.77. The lowest BCUT2D eigenvalue weighted by atomic mass is 10.0. The topological polar surface area (TPSA) is 50.6 Å². The molecule has 0 spiro atoms. The van der Waals surface area contributed by atoms with E-state index in [2.05, 4.69) is 28.9 Å². The molecule has 128 valence electrons. The largest absolute Gasteiger partial charge is 0.340 e. The van der Waals surface area contributed by atoms with Crippen molar-refractivity contribution >= 4 is 5.91 Å². The molecule has 2 atom stereocenters. The Hall–Kier alpha value is -1.90. The van der Waals surface area contributed by atoms with Gasteiger partial charge in [-0.05, 0) is 23.6 Å². The molecule has 0 unspecified atom stereocenters. The molecule has 2 aliphatic rings. The molecule has 5 heteroatoms. The van der Waals surface area contributed by atoms with Crippen LogP contribution < -0.4 is 0 Å². The van der Waals surface area contributed by atoms with Crippen molar-refractivity contribution in [3.05, 3.63) is 35.4 Å². The Labute approximate surface area is 144 Å². The molecule has 5 nitrogen and oxygen atoms in total. The summed E-state index contributed by atoms with van der Waals surface area (Å²) in [6.07, 6.45) is 0. The van der Waals surface area contributed by atoms with E-state index in [4.69, 9.17) is 5.26 Å². The van der Waals surface area contributed by atoms with Gasteiger partial charge in [0.1, 0.15) is 0 Å². The Kier molecular flexibility index (Phi) is 5.17. The number of rotatable bonds is 3. The van der Waals surface area contributed by atoms with Crippen LogP contribution in [0.5, 0.6) is 0 Å². The number of carbonyl (C=O) groups excluding carboxylic acids is 1. The maximum absolute atomic E-state index is 11.5. The van der Waals surface area contributed by atoms with E-state index >= 15 is 0 Å². The van der Waals surface area contributed by atoms with E-state index in [0.717, 1.165) is 51.4 Å². The molecule has 2 heterocycles. The molecule has 2 saturated heterocycles. The monoisotopic (exact) mass is 326 g/mol. The van der Waals surface area contributed by atoms with E-state index in [9.17, 15) is 4.79 Å². The predicted octanol–water partition coefficient (Wildman–Crippen LogP) is 1.54. The first-order valence-corrected chi connectivity index (χ1v) is 8.78. The summed E-state index contributed by atoms with van der Waals surface area (Å²) in [6.45, 7) is 10.7. The first-order chi connectivity index (χ1) is 11.6. The minimum Gasteiger partial charge on any atom is -0.340 e. The molecule has 2 aliphatic heterocycles. The fourth-order valence-corrected chi connectivity index (χ4v) is 4.02. The van der Waals surface area contributed by atoms with Crippen LogP contribution in [0.4, 0.5) is 0 Å². The van der Waals surface area contributed by atoms with Crippen molar-refractivity contribution in [3.63, 3.8) is 0 Å². The molecule has 2 fully saturated rings. The van der Waals surface area contributed by atoms with Gasteiger partial charge in [0.25, 0.3) is 0 Å². The Morgan fingerprint density at radius 2 is 2.00 bits per heavy atom. The zero-order valence-corrected chi connectivity index (χ0v) is 14.6. The Morgan fingerprint density at radius 3 is 2.67 bits per heavy atom. The van der Waals surface area contributed by atoms with Gasteiger partial charge in [-0.3, -0.25) is 14.6 Å². The number of piperazine rings is 1. The van der Waals surface area contributed by atoms with E-state index in [1.165, 1.54) is 5.56 Å². The zero-order chi connectivity index (χ0) is 17.1. The summed E-state index contributed by atoms with van der Waals surface area (Å²) in [5.41, 5.74) is 1.94. The Morgan fingerprint density at radius 1 is 1.25 bits per heavy atom. The smallest absolute Gasteiger partial charge is 0.219 e. The first kappa shape index (κ1) is 16.9. The quantitative estimate of drug-likeness (QED) is 0.845. The van der Waals surface area contributed by atoms with Gasteiger partial charge in [-0.25, -0.2) is 0 Å². The molecule has 0 bridgehead atoms. The number of nitriles is 1. The molecule has 0 N–H and O–H groups in total. The van der Waals surface area contributed by atoms with Gasteiger partial charge >= 0.3 is 0 Å². The third-order valence-corrected chi connectivity index (χ3v) is 5.34. The fraction of sp³-hybridized carbons (Fsp3) is 0.579. The van der Waals surface area contributed by atoms with Gasteiger partial charge in [0.2, 0.25) is 5.91 Å². The average Bonchev–Trinajstić information content (AvgIpc) is 2.95. The summed E-state index contributed by atoms with van der Waals surface area (Å²) in [5.74, 6) is 0.821. The molecule has 0 radical (unpaired) electrons. The van der Waals surface area contributed by atoms with Crippen LogP contribution in [0, 0.1) is 17.2 Å². The number of nitrogens with zero attached hydrogens (tertiary/aromatic N) is 4. The van der Waals surface area contributed by atoms with Crippen LogP contribution in [0.2, 0.25) is 0 Å². The highest BCUT2D eigenvalue weighted by molar-refractivity contribution is 5.73. The number of amides is 1. The molecule has 3 rings (SSSR count). The molecule has 24 heavy (non-hydrogen) atoms. The van der Waals surface area contributed by atoms with Crippen LogP contribution in [0.15, 0.2) is 24.3 Å². The maximum Gasteiger partial charge on any atom is 0.219 e. The van der Waals surface area contributed by atoms with Crippen LogP contribution in [0.1, 0.15) is 25.0 Å². The second-order valence-electron chi connectivity index (χ2n) is 7.09. The maximum atomic E-state index is 11.5. The van der Waals surface area contributed by atoms with E-state index in [1.807, 2.05) is 23.1 Å². The van der Waals surface area contributed by atoms with E-state index in [0.29, 0.717) is 12.0 Å². The Bertz CT molecular complexity index is 630. The molecule has 0 aromatic heterocycles. The molecule has 1 aromatic rings. The van der Waals surface area contributed by atoms with Crippen molar-refractivity contribution in [2.45, 2.75) is 26.4 Å². The SMILES string of the molecule is CC(=O)N1CCN([C@H]2CN(Cc3cccc(C#N)c3)C[C@H]2C)CC1. The van der Waals surface area contributed by atoms with Crippen molar-refractivity contribution in [3.8, 4) is 6.07 Å². The Balaban J connectivity index is 1.57. The van der Waals surface area contributed by atoms with E-state index < -0.39 is 0 Å². The lowest BCUT2D eigenvalue weighted by Crippen LogP contribution is -2.53. The summed E-state index contributed by atoms with van der Waals surface area (Å²) in [5, 5.41) is 9.04. The number of benzene rings is 1.